The van der Waals surface area contributed by atoms with E-state index in [1.807, 2.05) is 37.3 Å². The molecule has 0 saturated carbocycles. The number of fused-ring (bicyclic) bond motifs is 2. The largest absolute Gasteiger partial charge is 0.486 e. The second-order valence-corrected chi connectivity index (χ2v) is 9.78. The maximum atomic E-state index is 12.9. The predicted octanol–water partition coefficient (Wildman–Crippen LogP) is 5.44. The van der Waals surface area contributed by atoms with Crippen LogP contribution in [-0.4, -0.2) is 44.2 Å². The monoisotopic (exact) mass is 493 g/mol. The Hall–Kier alpha value is -3.16. The van der Waals surface area contributed by atoms with E-state index in [4.69, 9.17) is 27.9 Å². The van der Waals surface area contributed by atoms with Gasteiger partial charge in [-0.1, -0.05) is 29.3 Å². The van der Waals surface area contributed by atoms with Crippen molar-refractivity contribution in [2.75, 3.05) is 18.0 Å². The lowest BCUT2D eigenvalue weighted by molar-refractivity contribution is 0.0231. The second-order valence-electron chi connectivity index (χ2n) is 8.94. The van der Waals surface area contributed by atoms with Crippen molar-refractivity contribution >= 4 is 45.8 Å². The molecule has 2 aromatic heterocycles. The number of nitrogens with zero attached hydrogens (tertiary/aromatic N) is 5. The molecule has 0 N–H and O–H groups in total. The molecule has 0 aliphatic carbocycles. The van der Waals surface area contributed by atoms with Gasteiger partial charge in [-0.3, -0.25) is 4.79 Å². The highest BCUT2D eigenvalue weighted by Gasteiger charge is 2.43. The van der Waals surface area contributed by atoms with Crippen molar-refractivity contribution < 1.29 is 9.53 Å². The highest BCUT2D eigenvalue weighted by molar-refractivity contribution is 6.32. The van der Waals surface area contributed by atoms with Gasteiger partial charge in [0.15, 0.2) is 11.4 Å². The summed E-state index contributed by atoms with van der Waals surface area (Å²) in [4.78, 5) is 24.2. The quantitative estimate of drug-likeness (QED) is 0.370. The Morgan fingerprint density at radius 2 is 1.91 bits per heavy atom. The maximum Gasteiger partial charge on any atom is 0.170 e. The summed E-state index contributed by atoms with van der Waals surface area (Å²) >= 11 is 12.4. The molecular weight excluding hydrogens is 473 g/mol. The van der Waals surface area contributed by atoms with E-state index < -0.39 is 5.60 Å². The first-order valence-electron chi connectivity index (χ1n) is 11.1. The molecule has 1 saturated heterocycles. The Bertz CT molecular complexity index is 1440. The van der Waals surface area contributed by atoms with Crippen molar-refractivity contribution in [3.63, 3.8) is 0 Å². The molecule has 0 unspecified atom stereocenters. The van der Waals surface area contributed by atoms with Gasteiger partial charge in [0, 0.05) is 36.0 Å². The molecule has 34 heavy (non-hydrogen) atoms. The Morgan fingerprint density at radius 3 is 2.71 bits per heavy atom. The van der Waals surface area contributed by atoms with Crippen LogP contribution in [0.2, 0.25) is 10.0 Å². The zero-order valence-electron chi connectivity index (χ0n) is 18.5. The van der Waals surface area contributed by atoms with Crippen LogP contribution in [0.15, 0.2) is 48.9 Å². The lowest BCUT2D eigenvalue weighted by Crippen LogP contribution is -2.51. The summed E-state index contributed by atoms with van der Waals surface area (Å²) < 4.78 is 8.21. The van der Waals surface area contributed by atoms with E-state index in [0.717, 1.165) is 28.1 Å². The Morgan fingerprint density at radius 1 is 1.09 bits per heavy atom. The molecule has 7 nitrogen and oxygen atoms in total. The Labute approximate surface area is 206 Å². The van der Waals surface area contributed by atoms with Crippen LogP contribution in [-0.2, 0) is 0 Å². The number of aromatic nitrogens is 4. The van der Waals surface area contributed by atoms with Crippen molar-refractivity contribution in [2.45, 2.75) is 31.8 Å². The maximum absolute atomic E-state index is 12.9. The molecule has 6 rings (SSSR count). The number of hydrogen-bond acceptors (Lipinski definition) is 6. The summed E-state index contributed by atoms with van der Waals surface area (Å²) in [5.74, 6) is 1.56. The number of halogens is 2. The summed E-state index contributed by atoms with van der Waals surface area (Å²) in [6.45, 7) is 3.34. The lowest BCUT2D eigenvalue weighted by Gasteiger charge is -2.44. The molecular formula is C25H21Cl2N5O2. The molecule has 172 valence electrons. The molecule has 0 atom stereocenters. The number of rotatable bonds is 2. The average Bonchev–Trinajstić information content (AvgIpc) is 3.26. The van der Waals surface area contributed by atoms with Crippen molar-refractivity contribution in [1.82, 2.24) is 19.7 Å². The van der Waals surface area contributed by atoms with E-state index in [1.54, 1.807) is 23.3 Å². The molecule has 0 bridgehead atoms. The average molecular weight is 494 g/mol. The third-order valence-electron chi connectivity index (χ3n) is 6.74. The number of ether oxygens (including phenoxy) is 1. The van der Waals surface area contributed by atoms with Crippen LogP contribution in [0, 0.1) is 6.92 Å². The van der Waals surface area contributed by atoms with Crippen LogP contribution in [0.5, 0.6) is 5.75 Å². The van der Waals surface area contributed by atoms with Crippen molar-refractivity contribution in [1.29, 1.82) is 0 Å². The number of carbonyl (C=O) groups is 1. The van der Waals surface area contributed by atoms with Gasteiger partial charge in [-0.05, 0) is 42.8 Å². The number of ketones is 1. The van der Waals surface area contributed by atoms with Crippen molar-refractivity contribution in [3.05, 3.63) is 70.1 Å². The van der Waals surface area contributed by atoms with Crippen LogP contribution < -0.4 is 9.64 Å². The van der Waals surface area contributed by atoms with Gasteiger partial charge in [0.1, 0.15) is 23.5 Å². The third-order valence-corrected chi connectivity index (χ3v) is 7.38. The summed E-state index contributed by atoms with van der Waals surface area (Å²) in [5.41, 5.74) is 2.54. The first-order chi connectivity index (χ1) is 16.4. The minimum atomic E-state index is -0.502. The van der Waals surface area contributed by atoms with Gasteiger partial charge >= 0.3 is 0 Å². The molecule has 2 aliphatic rings. The van der Waals surface area contributed by atoms with Gasteiger partial charge in [-0.2, -0.15) is 5.10 Å². The lowest BCUT2D eigenvalue weighted by atomic mass is 9.82. The standard InChI is InChI=1S/C25H21Cl2N5O2/c1-15-9-22-18(11-20(15)27)21(33)12-25(34-22)5-7-31(8-6-25)23-19-13-30-32(24(19)29-14-28-23)17-4-2-3-16(26)10-17/h2-4,9-11,13-14H,5-8,12H2,1H3. The fourth-order valence-corrected chi connectivity index (χ4v) is 5.25. The van der Waals surface area contributed by atoms with Crippen LogP contribution in [0.4, 0.5) is 5.82 Å². The number of carbonyl (C=O) groups excluding carboxylic acids is 1. The zero-order valence-corrected chi connectivity index (χ0v) is 20.0. The fraction of sp³-hybridized carbons (Fsp3) is 0.280. The van der Waals surface area contributed by atoms with Crippen LogP contribution >= 0.6 is 23.2 Å². The van der Waals surface area contributed by atoms with E-state index in [-0.39, 0.29) is 5.78 Å². The van der Waals surface area contributed by atoms with Gasteiger partial charge in [0.25, 0.3) is 0 Å². The predicted molar refractivity (Wildman–Crippen MR) is 132 cm³/mol. The normalized spacial score (nSPS) is 17.1. The smallest absolute Gasteiger partial charge is 0.170 e. The first-order valence-corrected chi connectivity index (χ1v) is 11.9. The molecule has 1 fully saturated rings. The number of hydrogen-bond donors (Lipinski definition) is 0. The number of Topliss-reactive ketones (excluding diaryl/α,β-unsaturated/α-hetero) is 1. The molecule has 0 radical (unpaired) electrons. The topological polar surface area (TPSA) is 73.1 Å². The first kappa shape index (κ1) is 21.4. The van der Waals surface area contributed by atoms with Crippen molar-refractivity contribution in [3.8, 4) is 11.4 Å². The summed E-state index contributed by atoms with van der Waals surface area (Å²) in [6.07, 6.45) is 5.15. The Kier molecular flexibility index (Phi) is 5.00. The summed E-state index contributed by atoms with van der Waals surface area (Å²) in [7, 11) is 0. The van der Waals surface area contributed by atoms with Crippen LogP contribution in [0.1, 0.15) is 35.2 Å². The zero-order chi connectivity index (χ0) is 23.4. The van der Waals surface area contributed by atoms with Crippen molar-refractivity contribution in [2.24, 2.45) is 0 Å². The molecule has 4 heterocycles. The molecule has 4 aromatic rings. The molecule has 1 spiro atoms. The SMILES string of the molecule is Cc1cc2c(cc1Cl)C(=O)CC1(CCN(c3ncnc4c3cnn4-c3cccc(Cl)c3)CC1)O2. The minimum Gasteiger partial charge on any atom is -0.486 e. The van der Waals surface area contributed by atoms with Gasteiger partial charge in [-0.15, -0.1) is 0 Å². The second kappa shape index (κ2) is 7.96. The van der Waals surface area contributed by atoms with Gasteiger partial charge in [0.05, 0.1) is 29.3 Å². The van der Waals surface area contributed by atoms with E-state index in [1.165, 1.54) is 0 Å². The third kappa shape index (κ3) is 3.51. The summed E-state index contributed by atoms with van der Waals surface area (Å²) in [6, 6.07) is 11.1. The molecule has 2 aromatic carbocycles. The number of piperidine rings is 1. The fourth-order valence-electron chi connectivity index (χ4n) is 4.90. The Balaban J connectivity index is 1.27. The number of benzene rings is 2. The van der Waals surface area contributed by atoms with E-state index in [2.05, 4.69) is 20.0 Å². The number of aryl methyl sites for hydroxylation is 1. The molecule has 2 aliphatic heterocycles. The highest BCUT2D eigenvalue weighted by atomic mass is 35.5. The molecule has 0 amide bonds. The van der Waals surface area contributed by atoms with E-state index in [9.17, 15) is 4.79 Å². The van der Waals surface area contributed by atoms with Crippen LogP contribution in [0.3, 0.4) is 0 Å². The highest BCUT2D eigenvalue weighted by Crippen LogP contribution is 2.42. The van der Waals surface area contributed by atoms with Gasteiger partial charge in [-0.25, -0.2) is 14.6 Å². The summed E-state index contributed by atoms with van der Waals surface area (Å²) in [5, 5.41) is 6.64. The minimum absolute atomic E-state index is 0.0869. The van der Waals surface area contributed by atoms with Gasteiger partial charge < -0.3 is 9.64 Å². The number of anilines is 1. The van der Waals surface area contributed by atoms with Crippen LogP contribution in [0.25, 0.3) is 16.7 Å². The van der Waals surface area contributed by atoms with E-state index >= 15 is 0 Å². The van der Waals surface area contributed by atoms with Gasteiger partial charge in [0.2, 0.25) is 0 Å². The molecule has 9 heteroatoms. The van der Waals surface area contributed by atoms with E-state index in [0.29, 0.717) is 53.7 Å².